The summed E-state index contributed by atoms with van der Waals surface area (Å²) in [5.41, 5.74) is 28.3. The number of aromatic nitrogens is 9. The van der Waals surface area contributed by atoms with Gasteiger partial charge in [0.05, 0.1) is 92.4 Å². The third-order valence-corrected chi connectivity index (χ3v) is 22.0. The Hall–Kier alpha value is -10.1. The van der Waals surface area contributed by atoms with Crippen LogP contribution in [0, 0.1) is 0 Å². The fraction of sp³-hybridized carbons (Fsp3) is 0.370. The molecule has 127 heavy (non-hydrogen) atoms. The molecule has 6 aromatic carbocycles. The summed E-state index contributed by atoms with van der Waals surface area (Å²) < 4.78 is 88.3. The number of nitrogen functional groups attached to an aromatic ring is 3. The number of aryl methyl sites for hydroxylation is 3. The number of alkyl halides is 3. The molecule has 0 saturated heterocycles. The van der Waals surface area contributed by atoms with E-state index in [4.69, 9.17) is 99.3 Å². The van der Waals surface area contributed by atoms with E-state index in [-0.39, 0.29) is 113 Å². The summed E-state index contributed by atoms with van der Waals surface area (Å²) in [5, 5.41) is 31.1. The number of carbonyl (C=O) groups is 3. The van der Waals surface area contributed by atoms with E-state index in [1.54, 1.807) is 0 Å². The lowest BCUT2D eigenvalue weighted by molar-refractivity contribution is -0.119. The van der Waals surface area contributed by atoms with Crippen LogP contribution in [0.15, 0.2) is 109 Å². The number of halogens is 3. The number of carbonyl (C=O) groups excluding carboxylic acids is 3. The largest absolute Gasteiger partial charge is 0.524 e. The van der Waals surface area contributed by atoms with Gasteiger partial charge in [-0.3, -0.25) is 53.5 Å². The molecule has 0 aliphatic carbocycles. The molecular formula is C81H100Cl3N15O24P4. The van der Waals surface area contributed by atoms with Crippen LogP contribution in [0.25, 0.3) is 65.8 Å². The molecule has 12 rings (SSSR count). The molecule has 0 fully saturated rings. The number of rotatable bonds is 44. The zero-order chi connectivity index (χ0) is 91.9. The Balaban J connectivity index is 0.000000199. The molecule has 0 aliphatic rings. The number of nitrogens with one attached hydrogen (secondary N) is 3. The molecule has 0 unspecified atom stereocenters. The van der Waals surface area contributed by atoms with Crippen molar-refractivity contribution in [3.8, 4) is 34.5 Å². The molecule has 6 aromatic heterocycles. The van der Waals surface area contributed by atoms with Crippen molar-refractivity contribution in [2.24, 2.45) is 0 Å². The number of phosphoric ester groups is 4. The Morgan fingerprint density at radius 3 is 1.03 bits per heavy atom. The van der Waals surface area contributed by atoms with Crippen LogP contribution in [0.3, 0.4) is 0 Å². The lowest BCUT2D eigenvalue weighted by atomic mass is 10.1. The van der Waals surface area contributed by atoms with Crippen LogP contribution in [0.5, 0.6) is 34.5 Å². The van der Waals surface area contributed by atoms with E-state index in [0.29, 0.717) is 159 Å². The number of phenolic OH excluding ortho intramolecular Hbond substituents is 2. The number of phosphoric acid groups is 4. The summed E-state index contributed by atoms with van der Waals surface area (Å²) in [4.78, 5) is 137. The summed E-state index contributed by atoms with van der Waals surface area (Å²) in [6.45, 7) is 9.73. The lowest BCUT2D eigenvalue weighted by Crippen LogP contribution is -2.28. The molecule has 0 saturated carbocycles. The molecule has 6 heterocycles. The predicted molar refractivity (Wildman–Crippen MR) is 480 cm³/mol. The van der Waals surface area contributed by atoms with Gasteiger partial charge >= 0.3 is 31.3 Å². The highest BCUT2D eigenvalue weighted by molar-refractivity contribution is 7.47. The maximum absolute atomic E-state index is 11.8. The number of benzene rings is 6. The smallest absolute Gasteiger partial charge is 0.508 e. The van der Waals surface area contributed by atoms with Crippen LogP contribution in [0.4, 0.5) is 17.5 Å². The van der Waals surface area contributed by atoms with Crippen molar-refractivity contribution in [3.63, 3.8) is 0 Å². The molecule has 3 amide bonds. The summed E-state index contributed by atoms with van der Waals surface area (Å²) in [7, 11) is -19.6. The van der Waals surface area contributed by atoms with Gasteiger partial charge in [-0.1, -0.05) is 58.2 Å². The summed E-state index contributed by atoms with van der Waals surface area (Å²) >= 11 is 16.4. The molecule has 46 heteroatoms. The van der Waals surface area contributed by atoms with Gasteiger partial charge in [0.25, 0.3) is 0 Å². The Labute approximate surface area is 742 Å². The second-order valence-electron chi connectivity index (χ2n) is 29.0. The topological polar surface area (TPSA) is 593 Å². The Morgan fingerprint density at radius 1 is 0.386 bits per heavy atom. The summed E-state index contributed by atoms with van der Waals surface area (Å²) in [6, 6.07) is 28.9. The van der Waals surface area contributed by atoms with Gasteiger partial charge in [0, 0.05) is 71.7 Å². The minimum atomic E-state index is -5.00. The quantitative estimate of drug-likeness (QED) is 0.00958. The first-order valence-electron chi connectivity index (χ1n) is 40.2. The number of amides is 3. The number of imidazole rings is 3. The molecule has 684 valence electrons. The molecule has 19 N–H and O–H groups in total. The van der Waals surface area contributed by atoms with Gasteiger partial charge in [0.15, 0.2) is 17.5 Å². The minimum absolute atomic E-state index is 0.0502. The van der Waals surface area contributed by atoms with Crippen molar-refractivity contribution in [2.75, 3.05) is 94.1 Å². The molecule has 0 atom stereocenters. The van der Waals surface area contributed by atoms with E-state index in [1.165, 1.54) is 42.5 Å². The van der Waals surface area contributed by atoms with E-state index in [2.05, 4.69) is 44.7 Å². The monoisotopic (exact) mass is 1900 g/mol. The Morgan fingerprint density at radius 2 is 0.701 bits per heavy atom. The zero-order valence-electron chi connectivity index (χ0n) is 69.4. The number of aromatic hydroxyl groups is 2. The van der Waals surface area contributed by atoms with E-state index < -0.39 is 31.3 Å². The highest BCUT2D eigenvalue weighted by Gasteiger charge is 2.29. The first-order chi connectivity index (χ1) is 60.5. The zero-order valence-corrected chi connectivity index (χ0v) is 75.2. The van der Waals surface area contributed by atoms with Gasteiger partial charge in [-0.2, -0.15) is 0 Å². The van der Waals surface area contributed by atoms with Crippen LogP contribution < -0.4 is 51.2 Å². The van der Waals surface area contributed by atoms with E-state index in [0.717, 1.165) is 101 Å². The number of anilines is 3. The van der Waals surface area contributed by atoms with Gasteiger partial charge in [-0.15, -0.1) is 34.8 Å². The van der Waals surface area contributed by atoms with E-state index >= 15 is 0 Å². The number of phenols is 2. The van der Waals surface area contributed by atoms with Gasteiger partial charge < -0.3 is 89.4 Å². The number of hydrogen-bond donors (Lipinski definition) is 16. The van der Waals surface area contributed by atoms with Crippen LogP contribution in [-0.4, -0.2) is 188 Å². The molecule has 0 aliphatic heterocycles. The number of ether oxygens (including phenoxy) is 3. The van der Waals surface area contributed by atoms with Gasteiger partial charge in [0.2, 0.25) is 17.7 Å². The second kappa shape index (κ2) is 45.8. The van der Waals surface area contributed by atoms with Gasteiger partial charge in [-0.25, -0.2) is 48.2 Å². The first kappa shape index (κ1) is 99.1. The molecule has 0 spiro atoms. The van der Waals surface area contributed by atoms with Crippen molar-refractivity contribution >= 4 is 167 Å². The highest BCUT2D eigenvalue weighted by Crippen LogP contribution is 2.46. The fourth-order valence-corrected chi connectivity index (χ4v) is 15.7. The normalized spacial score (nSPS) is 11.9. The minimum Gasteiger partial charge on any atom is -0.508 e. The van der Waals surface area contributed by atoms with Crippen molar-refractivity contribution in [1.82, 2.24) is 59.6 Å². The fourth-order valence-electron chi connectivity index (χ4n) is 13.8. The number of nitrogens with zero attached hydrogens (tertiary/aromatic N) is 9. The maximum Gasteiger partial charge on any atom is 0.524 e. The average molecular weight is 1900 g/mol. The van der Waals surface area contributed by atoms with E-state index in [1.807, 2.05) is 75.2 Å². The number of hydrogen-bond acceptors (Lipinski definition) is 25. The predicted octanol–water partition coefficient (Wildman–Crippen LogP) is 10.7. The molecule has 12 aromatic rings. The molecule has 39 nitrogen and oxygen atoms in total. The van der Waals surface area contributed by atoms with Crippen molar-refractivity contribution < 1.29 is 114 Å². The lowest BCUT2D eigenvalue weighted by Gasteiger charge is -2.17. The van der Waals surface area contributed by atoms with Crippen molar-refractivity contribution in [2.45, 2.75) is 117 Å². The number of fused-ring (bicyclic) bond motifs is 9. The van der Waals surface area contributed by atoms with Crippen molar-refractivity contribution in [3.05, 3.63) is 160 Å². The van der Waals surface area contributed by atoms with Crippen LogP contribution >= 0.6 is 66.1 Å². The number of pyridine rings is 3. The molecular weight excluding hydrogens is 1800 g/mol. The summed E-state index contributed by atoms with van der Waals surface area (Å²) in [5.74, 6) is 1.05. The third-order valence-electron chi connectivity index (χ3n) is 19.5. The van der Waals surface area contributed by atoms with Gasteiger partial charge in [0.1, 0.15) is 86.2 Å². The third kappa shape index (κ3) is 28.7. The van der Waals surface area contributed by atoms with Gasteiger partial charge in [-0.05, 0) is 146 Å². The van der Waals surface area contributed by atoms with Crippen LogP contribution in [0.1, 0.15) is 110 Å². The SMILES string of the molecule is CCCCc1nc2c(N)nc3ccc(CCOCCNC(=O)CCl)cc3c2n1Cc1cc(O)ccc1OP(=O)(O)O.CCCCc1nc2c(N)nc3ccc(CCOCCNC(=O)CCl)cc3c2n1Cc1cc(OP(=O)(O)O)ccc1O.CCCCc1nc2c(N)nc3ccc(CCOCCNC(=O)CCl)cc3c2n1Cc1cc(OP(=O)(O)O)ccc1OP(=O)(O)O. The van der Waals surface area contributed by atoms with Crippen LogP contribution in [-0.2, 0) is 105 Å². The molecule has 0 bridgehead atoms. The highest BCUT2D eigenvalue weighted by atomic mass is 35.5. The average Bonchev–Trinajstić information content (AvgIpc) is 1.62. The Kier molecular flexibility index (Phi) is 35.7. The van der Waals surface area contributed by atoms with Crippen molar-refractivity contribution in [1.29, 1.82) is 0 Å². The Bertz CT molecular complexity index is 6110. The molecule has 0 radical (unpaired) electrons. The number of nitrogens with two attached hydrogens (primary N) is 3. The standard InChI is InChI=1S/C27H34ClN5O10P2.2C27H33ClN5O7P/c1-2-3-4-23-32-25-26(33(23)16-18-14-19(42-44(35,36)37)6-8-22(18)43-45(38,39)40)20-13-17(5-7-21(20)31-27(25)29)9-11-41-12-10-30-24(34)15-28;1-2-3-4-23-32-25-26(33(23)16-18-14-19(6-8-22(18)34)40-41(36,37)38)20-13-17(5-7-21(20)31-27(25)29)9-11-39-12-10-30-24(35)15-28;1-2-3-4-23-32-25-26(33(23)16-18-14-19(34)6-8-22(18)40-41(36,37)38)20-13-17(5-7-21(20)31-27(25)29)9-11-39-12-10-30-24(35)15-28/h5-8,13-14H,2-4,9-12,15-16H2,1H3,(H2,29,31)(H,30,34)(H2,35,36,37)(H2,38,39,40);2*5-8,13-14,34H,2-4,9-12,15-16H2,1H3,(H2,29,31)(H,30,35)(H2,36,37,38). The summed E-state index contributed by atoms with van der Waals surface area (Å²) in [6.07, 6.45) is 8.81. The van der Waals surface area contributed by atoms with E-state index in [9.17, 15) is 82.0 Å². The second-order valence-corrected chi connectivity index (χ2v) is 34.5. The maximum atomic E-state index is 11.8. The number of unbranched alkanes of at least 4 members (excludes halogenated alkanes) is 3. The van der Waals surface area contributed by atoms with Crippen LogP contribution in [0.2, 0.25) is 0 Å². The first-order valence-corrected chi connectivity index (χ1v) is 47.9.